The van der Waals surface area contributed by atoms with E-state index in [-0.39, 0.29) is 10.5 Å². The molecule has 1 amide bonds. The molecule has 0 spiro atoms. The van der Waals surface area contributed by atoms with Gasteiger partial charge < -0.3 is 10.0 Å². The third-order valence-electron chi connectivity index (χ3n) is 2.15. The summed E-state index contributed by atoms with van der Waals surface area (Å²) in [4.78, 5) is 22.4. The molecule has 0 aliphatic carbocycles. The van der Waals surface area contributed by atoms with Gasteiger partial charge in [0.1, 0.15) is 18.9 Å². The summed E-state index contributed by atoms with van der Waals surface area (Å²) in [6.07, 6.45) is -4.76. The van der Waals surface area contributed by atoms with Crippen molar-refractivity contribution in [3.63, 3.8) is 0 Å². The lowest BCUT2D eigenvalue weighted by atomic mass is 10.2. The van der Waals surface area contributed by atoms with Crippen LogP contribution in [-0.2, 0) is 4.79 Å². The zero-order valence-corrected chi connectivity index (χ0v) is 10.5. The van der Waals surface area contributed by atoms with Crippen LogP contribution < -0.4 is 0 Å². The molecule has 1 aromatic rings. The van der Waals surface area contributed by atoms with Gasteiger partial charge in [-0.3, -0.25) is 9.59 Å². The minimum absolute atomic E-state index is 0.0892. The van der Waals surface area contributed by atoms with Gasteiger partial charge in [-0.1, -0.05) is 11.6 Å². The van der Waals surface area contributed by atoms with Crippen molar-refractivity contribution in [3.05, 3.63) is 34.6 Å². The van der Waals surface area contributed by atoms with Crippen molar-refractivity contribution in [3.8, 4) is 0 Å². The Morgan fingerprint density at radius 1 is 1.30 bits per heavy atom. The molecule has 0 unspecified atom stereocenters. The predicted molar refractivity (Wildman–Crippen MR) is 61.0 cm³/mol. The summed E-state index contributed by atoms with van der Waals surface area (Å²) in [5.41, 5.74) is -0.332. The number of aliphatic carboxylic acids is 1. The summed E-state index contributed by atoms with van der Waals surface area (Å²) in [6, 6.07) is 2.57. The molecule has 0 aliphatic rings. The number of nitrogens with zero attached hydrogens (tertiary/aromatic N) is 1. The van der Waals surface area contributed by atoms with E-state index in [0.29, 0.717) is 0 Å². The van der Waals surface area contributed by atoms with Crippen LogP contribution in [0.5, 0.6) is 0 Å². The van der Waals surface area contributed by atoms with Gasteiger partial charge in [0.15, 0.2) is 0 Å². The molecule has 20 heavy (non-hydrogen) atoms. The van der Waals surface area contributed by atoms with Crippen molar-refractivity contribution < 1.29 is 32.3 Å². The molecule has 0 fully saturated rings. The number of carboxylic acid groups (broad SMARTS) is 1. The summed E-state index contributed by atoms with van der Waals surface area (Å²) in [5.74, 6) is -3.65. The standard InChI is InChI=1S/C11H8ClF4NO3/c12-7-3-6(1-2-8(7)13)10(20)17(4-9(18)19)5-11(14,15)16/h1-3H,4-5H2,(H,18,19). The normalized spacial score (nSPS) is 11.2. The van der Waals surface area contributed by atoms with E-state index in [2.05, 4.69) is 0 Å². The molecule has 1 aromatic carbocycles. The lowest BCUT2D eigenvalue weighted by Crippen LogP contribution is -2.42. The lowest BCUT2D eigenvalue weighted by molar-refractivity contribution is -0.149. The Kier molecular flexibility index (Phi) is 4.93. The van der Waals surface area contributed by atoms with Gasteiger partial charge in [0.25, 0.3) is 5.91 Å². The molecule has 0 aromatic heterocycles. The number of rotatable bonds is 4. The maximum atomic E-state index is 12.9. The summed E-state index contributed by atoms with van der Waals surface area (Å²) in [6.45, 7) is -2.86. The summed E-state index contributed by atoms with van der Waals surface area (Å²) in [5, 5.41) is 8.08. The highest BCUT2D eigenvalue weighted by Gasteiger charge is 2.34. The van der Waals surface area contributed by atoms with Crippen molar-refractivity contribution in [1.29, 1.82) is 0 Å². The highest BCUT2D eigenvalue weighted by molar-refractivity contribution is 6.31. The summed E-state index contributed by atoms with van der Waals surface area (Å²) >= 11 is 5.42. The van der Waals surface area contributed by atoms with E-state index in [9.17, 15) is 27.2 Å². The van der Waals surface area contributed by atoms with Crippen molar-refractivity contribution in [2.24, 2.45) is 0 Å². The van der Waals surface area contributed by atoms with Crippen LogP contribution in [0, 0.1) is 5.82 Å². The molecule has 1 N–H and O–H groups in total. The Balaban J connectivity index is 3.02. The van der Waals surface area contributed by atoms with E-state index < -0.39 is 42.0 Å². The van der Waals surface area contributed by atoms with E-state index in [0.717, 1.165) is 18.2 Å². The molecule has 9 heteroatoms. The Labute approximate surface area is 115 Å². The number of hydrogen-bond donors (Lipinski definition) is 1. The molecule has 1 rings (SSSR count). The minimum atomic E-state index is -4.76. The fourth-order valence-corrected chi connectivity index (χ4v) is 1.57. The van der Waals surface area contributed by atoms with Gasteiger partial charge in [-0.2, -0.15) is 13.2 Å². The summed E-state index contributed by atoms with van der Waals surface area (Å²) in [7, 11) is 0. The first-order chi connectivity index (χ1) is 9.10. The van der Waals surface area contributed by atoms with Crippen LogP contribution in [0.2, 0.25) is 5.02 Å². The molecule has 4 nitrogen and oxygen atoms in total. The van der Waals surface area contributed by atoms with Crippen LogP contribution in [0.1, 0.15) is 10.4 Å². The van der Waals surface area contributed by atoms with E-state index >= 15 is 0 Å². The number of amides is 1. The number of carbonyl (C=O) groups excluding carboxylic acids is 1. The number of alkyl halides is 3. The molecule has 110 valence electrons. The first kappa shape index (κ1) is 16.2. The van der Waals surface area contributed by atoms with Gasteiger partial charge in [-0.15, -0.1) is 0 Å². The molecular formula is C11H8ClF4NO3. The third-order valence-corrected chi connectivity index (χ3v) is 2.44. The van der Waals surface area contributed by atoms with Crippen molar-refractivity contribution in [2.75, 3.05) is 13.1 Å². The number of carbonyl (C=O) groups is 2. The van der Waals surface area contributed by atoms with Crippen molar-refractivity contribution >= 4 is 23.5 Å². The molecule has 0 saturated carbocycles. The second-order valence-corrected chi connectivity index (χ2v) is 4.21. The second kappa shape index (κ2) is 6.08. The van der Waals surface area contributed by atoms with E-state index in [1.54, 1.807) is 0 Å². The predicted octanol–water partition coefficient (Wildman–Crippen LogP) is 2.57. The van der Waals surface area contributed by atoms with Gasteiger partial charge in [0, 0.05) is 5.56 Å². The molecule has 0 bridgehead atoms. The van der Waals surface area contributed by atoms with Crippen LogP contribution in [0.4, 0.5) is 17.6 Å². The number of benzene rings is 1. The highest BCUT2D eigenvalue weighted by Crippen LogP contribution is 2.20. The number of hydrogen-bond acceptors (Lipinski definition) is 2. The quantitative estimate of drug-likeness (QED) is 0.869. The molecule has 0 atom stereocenters. The second-order valence-electron chi connectivity index (χ2n) is 3.80. The smallest absolute Gasteiger partial charge is 0.406 e. The van der Waals surface area contributed by atoms with Crippen LogP contribution in [0.25, 0.3) is 0 Å². The molecule has 0 heterocycles. The molecule has 0 saturated heterocycles. The zero-order valence-electron chi connectivity index (χ0n) is 9.75. The molecule has 0 aliphatic heterocycles. The first-order valence-electron chi connectivity index (χ1n) is 5.13. The fraction of sp³-hybridized carbons (Fsp3) is 0.273. The first-order valence-corrected chi connectivity index (χ1v) is 5.51. The highest BCUT2D eigenvalue weighted by atomic mass is 35.5. The van der Waals surface area contributed by atoms with Crippen LogP contribution >= 0.6 is 11.6 Å². The third kappa shape index (κ3) is 4.69. The van der Waals surface area contributed by atoms with Gasteiger partial charge in [0.05, 0.1) is 5.02 Å². The van der Waals surface area contributed by atoms with Crippen molar-refractivity contribution in [2.45, 2.75) is 6.18 Å². The zero-order chi connectivity index (χ0) is 15.5. The Hall–Kier alpha value is -1.83. The Morgan fingerprint density at radius 3 is 2.35 bits per heavy atom. The summed E-state index contributed by atoms with van der Waals surface area (Å²) < 4.78 is 49.8. The average molecular weight is 314 g/mol. The van der Waals surface area contributed by atoms with Gasteiger partial charge in [-0.05, 0) is 18.2 Å². The maximum absolute atomic E-state index is 12.9. The minimum Gasteiger partial charge on any atom is -0.480 e. The van der Waals surface area contributed by atoms with E-state index in [1.165, 1.54) is 0 Å². The van der Waals surface area contributed by atoms with Crippen LogP contribution in [0.15, 0.2) is 18.2 Å². The van der Waals surface area contributed by atoms with Gasteiger partial charge in [0.2, 0.25) is 0 Å². The Bertz CT molecular complexity index is 533. The van der Waals surface area contributed by atoms with Gasteiger partial charge >= 0.3 is 12.1 Å². The topological polar surface area (TPSA) is 57.6 Å². The fourth-order valence-electron chi connectivity index (χ4n) is 1.39. The van der Waals surface area contributed by atoms with E-state index in [1.807, 2.05) is 0 Å². The van der Waals surface area contributed by atoms with Crippen LogP contribution in [0.3, 0.4) is 0 Å². The average Bonchev–Trinajstić information content (AvgIpc) is 2.28. The van der Waals surface area contributed by atoms with Gasteiger partial charge in [-0.25, -0.2) is 4.39 Å². The monoisotopic (exact) mass is 313 g/mol. The molecular weight excluding hydrogens is 306 g/mol. The number of carboxylic acids is 1. The van der Waals surface area contributed by atoms with E-state index in [4.69, 9.17) is 16.7 Å². The maximum Gasteiger partial charge on any atom is 0.406 e. The molecule has 0 radical (unpaired) electrons. The SMILES string of the molecule is O=C(O)CN(CC(F)(F)F)C(=O)c1ccc(F)c(Cl)c1. The number of halogens is 5. The largest absolute Gasteiger partial charge is 0.480 e. The Morgan fingerprint density at radius 2 is 1.90 bits per heavy atom. The lowest BCUT2D eigenvalue weighted by Gasteiger charge is -2.22. The van der Waals surface area contributed by atoms with Crippen molar-refractivity contribution in [1.82, 2.24) is 4.90 Å². The van der Waals surface area contributed by atoms with Crippen LogP contribution in [-0.4, -0.2) is 41.1 Å².